The lowest BCUT2D eigenvalue weighted by Gasteiger charge is -2.21. The van der Waals surface area contributed by atoms with Crippen molar-refractivity contribution in [3.05, 3.63) is 82.9 Å². The largest absolute Gasteiger partial charge is 0.496 e. The van der Waals surface area contributed by atoms with Crippen molar-refractivity contribution >= 4 is 28.3 Å². The van der Waals surface area contributed by atoms with Gasteiger partial charge in [-0.1, -0.05) is 24.3 Å². The summed E-state index contributed by atoms with van der Waals surface area (Å²) in [5.74, 6) is 0.201. The van der Waals surface area contributed by atoms with Crippen molar-refractivity contribution < 1.29 is 18.5 Å². The van der Waals surface area contributed by atoms with E-state index < -0.39 is 10.8 Å². The van der Waals surface area contributed by atoms with E-state index in [1.165, 1.54) is 0 Å². The predicted octanol–water partition coefficient (Wildman–Crippen LogP) is 4.08. The van der Waals surface area contributed by atoms with Crippen molar-refractivity contribution in [1.29, 1.82) is 0 Å². The van der Waals surface area contributed by atoms with Gasteiger partial charge in [0.2, 0.25) is 0 Å². The van der Waals surface area contributed by atoms with Crippen LogP contribution in [0.2, 0.25) is 0 Å². The van der Waals surface area contributed by atoms with Gasteiger partial charge in [0.1, 0.15) is 5.75 Å². The van der Waals surface area contributed by atoms with Gasteiger partial charge in [0, 0.05) is 24.2 Å². The Labute approximate surface area is 189 Å². The van der Waals surface area contributed by atoms with E-state index >= 15 is 0 Å². The Kier molecular flexibility index (Phi) is 6.10. The van der Waals surface area contributed by atoms with Crippen LogP contribution in [0, 0.1) is 6.92 Å². The maximum atomic E-state index is 13.2. The van der Waals surface area contributed by atoms with E-state index in [9.17, 15) is 13.8 Å². The first-order valence-electron chi connectivity index (χ1n) is 10.3. The number of fused-ring (bicyclic) bond motifs is 2. The first-order chi connectivity index (χ1) is 15.4. The SMILES string of the molecule is CCN1C(=O)c2ccccc2S(=O)c2ccc(C(=O)NCc3ccc(C)cc3OC)cc21. The summed E-state index contributed by atoms with van der Waals surface area (Å²) in [6.45, 7) is 4.52. The molecule has 0 fully saturated rings. The summed E-state index contributed by atoms with van der Waals surface area (Å²) in [6.07, 6.45) is 0. The van der Waals surface area contributed by atoms with Gasteiger partial charge in [-0.15, -0.1) is 0 Å². The van der Waals surface area contributed by atoms with E-state index in [1.54, 1.807) is 54.5 Å². The van der Waals surface area contributed by atoms with Gasteiger partial charge in [-0.2, -0.15) is 0 Å². The van der Waals surface area contributed by atoms with Crippen LogP contribution in [0.5, 0.6) is 5.75 Å². The van der Waals surface area contributed by atoms with Crippen molar-refractivity contribution in [2.45, 2.75) is 30.2 Å². The molecule has 0 aromatic heterocycles. The first-order valence-corrected chi connectivity index (χ1v) is 11.5. The molecule has 32 heavy (non-hydrogen) atoms. The molecule has 1 unspecified atom stereocenters. The Morgan fingerprint density at radius 1 is 1.06 bits per heavy atom. The monoisotopic (exact) mass is 448 g/mol. The summed E-state index contributed by atoms with van der Waals surface area (Å²) in [6, 6.07) is 17.7. The van der Waals surface area contributed by atoms with Gasteiger partial charge in [-0.25, -0.2) is 4.21 Å². The second-order valence-corrected chi connectivity index (χ2v) is 8.91. The number of carbonyl (C=O) groups is 2. The molecule has 4 rings (SSSR count). The number of rotatable bonds is 5. The molecular weight excluding hydrogens is 424 g/mol. The number of benzene rings is 3. The summed E-state index contributed by atoms with van der Waals surface area (Å²) >= 11 is 0. The Bertz CT molecular complexity index is 1240. The highest BCUT2D eigenvalue weighted by molar-refractivity contribution is 7.85. The number of anilines is 1. The Balaban J connectivity index is 1.65. The summed E-state index contributed by atoms with van der Waals surface area (Å²) in [4.78, 5) is 28.6. The van der Waals surface area contributed by atoms with Gasteiger partial charge < -0.3 is 15.0 Å². The smallest absolute Gasteiger partial charge is 0.259 e. The molecule has 1 aliphatic heterocycles. The van der Waals surface area contributed by atoms with Gasteiger partial charge in [-0.3, -0.25) is 9.59 Å². The van der Waals surface area contributed by atoms with Crippen molar-refractivity contribution in [2.24, 2.45) is 0 Å². The van der Waals surface area contributed by atoms with E-state index in [0.717, 1.165) is 11.1 Å². The molecule has 6 nitrogen and oxygen atoms in total. The first kappa shape index (κ1) is 21.8. The maximum absolute atomic E-state index is 13.2. The highest BCUT2D eigenvalue weighted by Gasteiger charge is 2.30. The molecule has 0 bridgehead atoms. The lowest BCUT2D eigenvalue weighted by molar-refractivity contribution is 0.0947. The average molecular weight is 449 g/mol. The van der Waals surface area contributed by atoms with E-state index in [-0.39, 0.29) is 11.8 Å². The van der Waals surface area contributed by atoms with Crippen LogP contribution in [0.15, 0.2) is 70.5 Å². The molecule has 0 radical (unpaired) electrons. The number of nitrogens with zero attached hydrogens (tertiary/aromatic N) is 1. The van der Waals surface area contributed by atoms with Crippen LogP contribution in [-0.2, 0) is 17.3 Å². The van der Waals surface area contributed by atoms with Gasteiger partial charge >= 0.3 is 0 Å². The fourth-order valence-electron chi connectivity index (χ4n) is 3.79. The second-order valence-electron chi connectivity index (χ2n) is 7.49. The average Bonchev–Trinajstić information content (AvgIpc) is 2.90. The number of hydrogen-bond acceptors (Lipinski definition) is 4. The van der Waals surface area contributed by atoms with Crippen LogP contribution >= 0.6 is 0 Å². The zero-order valence-electron chi connectivity index (χ0n) is 18.2. The van der Waals surface area contributed by atoms with Gasteiger partial charge in [0.05, 0.1) is 39.0 Å². The van der Waals surface area contributed by atoms with Crippen molar-refractivity contribution in [2.75, 3.05) is 18.6 Å². The number of ether oxygens (including phenoxy) is 1. The summed E-state index contributed by atoms with van der Waals surface area (Å²) in [5, 5.41) is 2.91. The molecule has 1 atom stereocenters. The second kappa shape index (κ2) is 8.96. The lowest BCUT2D eigenvalue weighted by atomic mass is 10.1. The molecule has 1 heterocycles. The number of aryl methyl sites for hydroxylation is 1. The standard InChI is InChI=1S/C25H24N2O4S/c1-4-27-20-14-17(24(28)26-15-18-10-9-16(2)13-21(18)31-3)11-12-23(20)32(30)22-8-6-5-7-19(22)25(27)29/h5-14H,4,15H2,1-3H3,(H,26,28). The van der Waals surface area contributed by atoms with Crippen LogP contribution in [0.25, 0.3) is 0 Å². The highest BCUT2D eigenvalue weighted by Crippen LogP contribution is 2.35. The zero-order valence-corrected chi connectivity index (χ0v) is 19.0. The van der Waals surface area contributed by atoms with Crippen LogP contribution in [0.1, 0.15) is 38.8 Å². The molecule has 3 aromatic carbocycles. The molecule has 0 saturated heterocycles. The summed E-state index contributed by atoms with van der Waals surface area (Å²) in [7, 11) is 0.0755. The molecule has 1 aliphatic rings. The van der Waals surface area contributed by atoms with Crippen molar-refractivity contribution in [1.82, 2.24) is 5.32 Å². The number of nitrogens with one attached hydrogen (secondary N) is 1. The third-order valence-electron chi connectivity index (χ3n) is 5.47. The van der Waals surface area contributed by atoms with Gasteiger partial charge in [-0.05, 0) is 55.8 Å². The Morgan fingerprint density at radius 2 is 1.84 bits per heavy atom. The third-order valence-corrected chi connectivity index (χ3v) is 6.97. The van der Waals surface area contributed by atoms with Crippen LogP contribution in [-0.4, -0.2) is 29.7 Å². The normalized spacial score (nSPS) is 14.9. The van der Waals surface area contributed by atoms with Crippen molar-refractivity contribution in [3.63, 3.8) is 0 Å². The Hall–Kier alpha value is -3.45. The fourth-order valence-corrected chi connectivity index (χ4v) is 5.14. The minimum atomic E-state index is -1.52. The van der Waals surface area contributed by atoms with Crippen LogP contribution in [0.3, 0.4) is 0 Å². The minimum Gasteiger partial charge on any atom is -0.496 e. The summed E-state index contributed by atoms with van der Waals surface area (Å²) in [5.41, 5.74) is 3.24. The number of hydrogen-bond donors (Lipinski definition) is 1. The fraction of sp³-hybridized carbons (Fsp3) is 0.200. The van der Waals surface area contributed by atoms with Crippen molar-refractivity contribution in [3.8, 4) is 5.75 Å². The maximum Gasteiger partial charge on any atom is 0.259 e. The van der Waals surface area contributed by atoms with E-state index in [2.05, 4.69) is 5.32 Å². The topological polar surface area (TPSA) is 75.7 Å². The third kappa shape index (κ3) is 3.91. The molecule has 7 heteroatoms. The quantitative estimate of drug-likeness (QED) is 0.638. The molecule has 0 spiro atoms. The van der Waals surface area contributed by atoms with E-state index in [4.69, 9.17) is 4.74 Å². The number of amides is 2. The number of carbonyl (C=O) groups excluding carboxylic acids is 2. The molecule has 0 aliphatic carbocycles. The van der Waals surface area contributed by atoms with E-state index in [1.807, 2.05) is 32.0 Å². The van der Waals surface area contributed by atoms with Crippen LogP contribution < -0.4 is 15.0 Å². The molecule has 2 amide bonds. The zero-order chi connectivity index (χ0) is 22.8. The molecule has 0 saturated carbocycles. The van der Waals surface area contributed by atoms with E-state index in [0.29, 0.717) is 45.4 Å². The molecule has 164 valence electrons. The van der Waals surface area contributed by atoms with Gasteiger partial charge in [0.15, 0.2) is 0 Å². The van der Waals surface area contributed by atoms with Gasteiger partial charge in [0.25, 0.3) is 11.8 Å². The van der Waals surface area contributed by atoms with Crippen LogP contribution in [0.4, 0.5) is 5.69 Å². The molecular formula is C25H24N2O4S. The lowest BCUT2D eigenvalue weighted by Crippen LogP contribution is -2.31. The highest BCUT2D eigenvalue weighted by atomic mass is 32.2. The number of methoxy groups -OCH3 is 1. The summed E-state index contributed by atoms with van der Waals surface area (Å²) < 4.78 is 18.6. The minimum absolute atomic E-state index is 0.225. The Morgan fingerprint density at radius 3 is 2.59 bits per heavy atom. The molecule has 1 N–H and O–H groups in total. The molecule has 3 aromatic rings. The predicted molar refractivity (Wildman–Crippen MR) is 124 cm³/mol.